The fraction of sp³-hybridized carbons (Fsp3) is 0.846. The Morgan fingerprint density at radius 3 is 2.31 bits per heavy atom. The molecule has 1 amide bonds. The number of likely N-dealkylation sites (tertiary alicyclic amines) is 1. The molecule has 0 bridgehead atoms. The highest BCUT2D eigenvalue weighted by atomic mass is 16.2. The summed E-state index contributed by atoms with van der Waals surface area (Å²) in [6.07, 6.45) is 2.65. The van der Waals surface area contributed by atoms with Crippen LogP contribution in [0.25, 0.3) is 0 Å². The van der Waals surface area contributed by atoms with Crippen LogP contribution in [0.15, 0.2) is 0 Å². The van der Waals surface area contributed by atoms with Crippen molar-refractivity contribution in [3.05, 3.63) is 0 Å². The summed E-state index contributed by atoms with van der Waals surface area (Å²) in [5, 5.41) is 9.09. The van der Waals surface area contributed by atoms with Crippen molar-refractivity contribution in [2.45, 2.75) is 47.0 Å². The van der Waals surface area contributed by atoms with Crippen molar-refractivity contribution in [2.75, 3.05) is 13.1 Å². The average molecular weight is 222 g/mol. The minimum absolute atomic E-state index is 0.00741. The maximum absolute atomic E-state index is 12.2. The highest BCUT2D eigenvalue weighted by Crippen LogP contribution is 2.32. The largest absolute Gasteiger partial charge is 0.341 e. The molecule has 16 heavy (non-hydrogen) atoms. The van der Waals surface area contributed by atoms with E-state index in [1.54, 1.807) is 6.92 Å². The van der Waals surface area contributed by atoms with Gasteiger partial charge in [-0.25, -0.2) is 0 Å². The number of nitriles is 1. The van der Waals surface area contributed by atoms with E-state index in [2.05, 4.69) is 19.9 Å². The van der Waals surface area contributed by atoms with Crippen molar-refractivity contribution in [3.8, 4) is 6.07 Å². The first-order valence-electron chi connectivity index (χ1n) is 6.05. The van der Waals surface area contributed by atoms with Crippen LogP contribution >= 0.6 is 0 Å². The lowest BCUT2D eigenvalue weighted by molar-refractivity contribution is -0.140. The summed E-state index contributed by atoms with van der Waals surface area (Å²) in [7, 11) is 0. The van der Waals surface area contributed by atoms with Gasteiger partial charge < -0.3 is 4.90 Å². The molecule has 1 aliphatic heterocycles. The summed E-state index contributed by atoms with van der Waals surface area (Å²) < 4.78 is 0. The van der Waals surface area contributed by atoms with Crippen molar-refractivity contribution < 1.29 is 4.79 Å². The van der Waals surface area contributed by atoms with E-state index in [4.69, 9.17) is 5.26 Å². The lowest BCUT2D eigenvalue weighted by Crippen LogP contribution is -2.47. The summed E-state index contributed by atoms with van der Waals surface area (Å²) in [6.45, 7) is 9.70. The van der Waals surface area contributed by atoms with Crippen molar-refractivity contribution in [3.63, 3.8) is 0 Å². The molecule has 1 saturated heterocycles. The van der Waals surface area contributed by atoms with Gasteiger partial charge in [-0.05, 0) is 31.6 Å². The first kappa shape index (κ1) is 13.0. The van der Waals surface area contributed by atoms with E-state index in [-0.39, 0.29) is 5.91 Å². The second kappa shape index (κ2) is 4.45. The molecule has 0 spiro atoms. The zero-order valence-corrected chi connectivity index (χ0v) is 10.8. The standard InChI is InChI=1S/C13H22N2O/c1-5-13(4,10-14)11(16)15-8-6-12(2,3)7-9-15/h5-9H2,1-4H3. The van der Waals surface area contributed by atoms with Gasteiger partial charge in [0.05, 0.1) is 6.07 Å². The SMILES string of the molecule is CCC(C)(C#N)C(=O)N1CCC(C)(C)CC1. The second-order valence-electron chi connectivity index (χ2n) is 5.75. The van der Waals surface area contributed by atoms with Gasteiger partial charge in [-0.15, -0.1) is 0 Å². The van der Waals surface area contributed by atoms with Crippen LogP contribution in [0.1, 0.15) is 47.0 Å². The normalized spacial score (nSPS) is 23.3. The quantitative estimate of drug-likeness (QED) is 0.720. The Morgan fingerprint density at radius 1 is 1.44 bits per heavy atom. The molecular weight excluding hydrogens is 200 g/mol. The molecule has 3 heteroatoms. The van der Waals surface area contributed by atoms with Crippen molar-refractivity contribution in [1.29, 1.82) is 5.26 Å². The van der Waals surface area contributed by atoms with Crippen LogP contribution < -0.4 is 0 Å². The van der Waals surface area contributed by atoms with Crippen molar-refractivity contribution in [2.24, 2.45) is 10.8 Å². The number of rotatable bonds is 2. The van der Waals surface area contributed by atoms with Crippen LogP contribution in [0.2, 0.25) is 0 Å². The van der Waals surface area contributed by atoms with Gasteiger partial charge in [-0.2, -0.15) is 5.26 Å². The van der Waals surface area contributed by atoms with Crippen LogP contribution in [0.5, 0.6) is 0 Å². The fourth-order valence-electron chi connectivity index (χ4n) is 1.94. The van der Waals surface area contributed by atoms with Gasteiger partial charge >= 0.3 is 0 Å². The molecule has 1 fully saturated rings. The highest BCUT2D eigenvalue weighted by Gasteiger charge is 2.37. The summed E-state index contributed by atoms with van der Waals surface area (Å²) in [5.74, 6) is 0.00741. The molecule has 1 aliphatic rings. The van der Waals surface area contributed by atoms with Gasteiger partial charge in [0.2, 0.25) is 5.91 Å². The van der Waals surface area contributed by atoms with Gasteiger partial charge in [0, 0.05) is 13.1 Å². The van der Waals surface area contributed by atoms with Gasteiger partial charge in [0.15, 0.2) is 0 Å². The summed E-state index contributed by atoms with van der Waals surface area (Å²) in [6, 6.07) is 2.15. The van der Waals surface area contributed by atoms with E-state index in [1.807, 2.05) is 11.8 Å². The van der Waals surface area contributed by atoms with Crippen LogP contribution in [0.3, 0.4) is 0 Å². The van der Waals surface area contributed by atoms with Gasteiger partial charge in [-0.1, -0.05) is 20.8 Å². The minimum Gasteiger partial charge on any atom is -0.341 e. The predicted molar refractivity (Wildman–Crippen MR) is 63.6 cm³/mol. The van der Waals surface area contributed by atoms with Crippen LogP contribution in [-0.4, -0.2) is 23.9 Å². The molecule has 90 valence electrons. The molecule has 0 aromatic rings. The maximum atomic E-state index is 12.2. The topological polar surface area (TPSA) is 44.1 Å². The maximum Gasteiger partial charge on any atom is 0.242 e. The molecule has 0 aliphatic carbocycles. The van der Waals surface area contributed by atoms with E-state index in [9.17, 15) is 4.79 Å². The van der Waals surface area contributed by atoms with Crippen molar-refractivity contribution >= 4 is 5.91 Å². The zero-order valence-electron chi connectivity index (χ0n) is 10.8. The smallest absolute Gasteiger partial charge is 0.242 e. The monoisotopic (exact) mass is 222 g/mol. The highest BCUT2D eigenvalue weighted by molar-refractivity contribution is 5.85. The summed E-state index contributed by atoms with van der Waals surface area (Å²) in [4.78, 5) is 14.1. The van der Waals surface area contributed by atoms with E-state index in [0.29, 0.717) is 11.8 Å². The lowest BCUT2D eigenvalue weighted by Gasteiger charge is -2.39. The first-order valence-corrected chi connectivity index (χ1v) is 6.05. The number of nitrogens with zero attached hydrogens (tertiary/aromatic N) is 2. The lowest BCUT2D eigenvalue weighted by atomic mass is 9.81. The molecule has 0 N–H and O–H groups in total. The Kier molecular flexibility index (Phi) is 3.62. The summed E-state index contributed by atoms with van der Waals surface area (Å²) >= 11 is 0. The number of hydrogen-bond acceptors (Lipinski definition) is 2. The second-order valence-corrected chi connectivity index (χ2v) is 5.75. The Labute approximate surface area is 98.4 Å². The molecule has 3 nitrogen and oxygen atoms in total. The van der Waals surface area contributed by atoms with E-state index in [0.717, 1.165) is 25.9 Å². The fourth-order valence-corrected chi connectivity index (χ4v) is 1.94. The van der Waals surface area contributed by atoms with Crippen LogP contribution in [0, 0.1) is 22.2 Å². The van der Waals surface area contributed by atoms with Crippen LogP contribution in [0.4, 0.5) is 0 Å². The molecule has 0 radical (unpaired) electrons. The average Bonchev–Trinajstić information content (AvgIpc) is 2.27. The third-order valence-electron chi connectivity index (χ3n) is 3.83. The third-order valence-corrected chi connectivity index (χ3v) is 3.83. The predicted octanol–water partition coefficient (Wildman–Crippen LogP) is 2.57. The van der Waals surface area contributed by atoms with E-state index in [1.165, 1.54) is 0 Å². The van der Waals surface area contributed by atoms with Gasteiger partial charge in [0.25, 0.3) is 0 Å². The molecule has 1 rings (SSSR count). The Bertz CT molecular complexity index is 306. The molecule has 1 heterocycles. The number of piperidine rings is 1. The first-order chi connectivity index (χ1) is 7.34. The Balaban J connectivity index is 2.68. The van der Waals surface area contributed by atoms with E-state index < -0.39 is 5.41 Å². The Morgan fingerprint density at radius 2 is 1.94 bits per heavy atom. The number of amides is 1. The molecular formula is C13H22N2O. The number of carbonyl (C=O) groups excluding carboxylic acids is 1. The van der Waals surface area contributed by atoms with Gasteiger partial charge in [-0.3, -0.25) is 4.79 Å². The molecule has 1 atom stereocenters. The summed E-state index contributed by atoms with van der Waals surface area (Å²) in [5.41, 5.74) is -0.493. The Hall–Kier alpha value is -1.04. The molecule has 1 unspecified atom stereocenters. The van der Waals surface area contributed by atoms with Crippen LogP contribution in [-0.2, 0) is 4.79 Å². The van der Waals surface area contributed by atoms with Gasteiger partial charge in [0.1, 0.15) is 5.41 Å². The number of carbonyl (C=O) groups is 1. The third kappa shape index (κ3) is 2.55. The van der Waals surface area contributed by atoms with E-state index >= 15 is 0 Å². The molecule has 0 aromatic carbocycles. The molecule has 0 aromatic heterocycles. The zero-order chi connectivity index (χ0) is 12.4. The minimum atomic E-state index is -0.832. The molecule has 0 saturated carbocycles. The number of hydrogen-bond donors (Lipinski definition) is 0. The van der Waals surface area contributed by atoms with Crippen molar-refractivity contribution in [1.82, 2.24) is 4.90 Å².